The summed E-state index contributed by atoms with van der Waals surface area (Å²) in [4.78, 5) is 27.6. The van der Waals surface area contributed by atoms with Crippen molar-refractivity contribution in [2.45, 2.75) is 82.7 Å². The summed E-state index contributed by atoms with van der Waals surface area (Å²) in [6, 6.07) is 6.49. The Morgan fingerprint density at radius 2 is 1.83 bits per heavy atom. The summed E-state index contributed by atoms with van der Waals surface area (Å²) >= 11 is 0. The Kier molecular flexibility index (Phi) is 6.10. The number of piperidine rings is 1. The number of rotatable bonds is 7. The number of aromatic nitrogens is 1. The molecule has 1 aliphatic carbocycles. The Morgan fingerprint density at radius 3 is 2.43 bits per heavy atom. The van der Waals surface area contributed by atoms with Gasteiger partial charge in [-0.05, 0) is 70.4 Å². The van der Waals surface area contributed by atoms with Gasteiger partial charge in [0.1, 0.15) is 5.54 Å². The molecule has 5 rings (SSSR count). The van der Waals surface area contributed by atoms with Gasteiger partial charge in [-0.25, -0.2) is 0 Å². The first kappa shape index (κ1) is 24.2. The molecule has 0 spiro atoms. The molecule has 3 atom stereocenters. The molecule has 2 amide bonds. The number of hydrogen-bond acceptors (Lipinski definition) is 3. The number of nitrogens with one attached hydrogen (secondary N) is 2. The predicted octanol–water partition coefficient (Wildman–Crippen LogP) is 4.15. The maximum absolute atomic E-state index is 13.2. The van der Waals surface area contributed by atoms with E-state index >= 15 is 0 Å². The minimum atomic E-state index is -4.39. The van der Waals surface area contributed by atoms with Crippen molar-refractivity contribution in [1.82, 2.24) is 20.1 Å². The molecule has 35 heavy (non-hydrogen) atoms. The maximum Gasteiger partial charge on any atom is 0.411 e. The highest BCUT2D eigenvalue weighted by Gasteiger charge is 2.64. The average Bonchev–Trinajstić information content (AvgIpc) is 3.45. The Morgan fingerprint density at radius 1 is 1.14 bits per heavy atom. The van der Waals surface area contributed by atoms with Crippen LogP contribution in [0.3, 0.4) is 0 Å². The van der Waals surface area contributed by atoms with E-state index in [1.165, 1.54) is 0 Å². The molecule has 2 N–H and O–H groups in total. The van der Waals surface area contributed by atoms with Crippen molar-refractivity contribution in [2.24, 2.45) is 5.92 Å². The average molecular weight is 491 g/mol. The first-order valence-electron chi connectivity index (χ1n) is 12.6. The molecule has 1 aromatic heterocycles. The summed E-state index contributed by atoms with van der Waals surface area (Å²) in [5.41, 5.74) is 0.828. The molecule has 2 aromatic rings. The quantitative estimate of drug-likeness (QED) is 0.613. The maximum atomic E-state index is 13.2. The van der Waals surface area contributed by atoms with E-state index in [0.29, 0.717) is 18.0 Å². The van der Waals surface area contributed by atoms with Crippen LogP contribution in [0.5, 0.6) is 0 Å². The summed E-state index contributed by atoms with van der Waals surface area (Å²) in [5, 5.41) is 6.33. The van der Waals surface area contributed by atoms with Crippen LogP contribution in [0, 0.1) is 12.8 Å². The van der Waals surface area contributed by atoms with Crippen molar-refractivity contribution in [3.63, 3.8) is 0 Å². The van der Waals surface area contributed by atoms with Crippen molar-refractivity contribution in [3.8, 4) is 0 Å². The summed E-state index contributed by atoms with van der Waals surface area (Å²) in [6.45, 7) is 5.43. The summed E-state index contributed by atoms with van der Waals surface area (Å²) in [6.07, 6.45) is 1.01. The van der Waals surface area contributed by atoms with Crippen molar-refractivity contribution in [1.29, 1.82) is 0 Å². The molecule has 3 heterocycles. The van der Waals surface area contributed by atoms with Crippen LogP contribution in [0.25, 0.3) is 10.9 Å². The highest BCUT2D eigenvalue weighted by molar-refractivity contribution is 6.07. The van der Waals surface area contributed by atoms with Gasteiger partial charge in [-0.1, -0.05) is 11.6 Å². The first-order chi connectivity index (χ1) is 16.6. The minimum absolute atomic E-state index is 0.0160. The number of fused-ring (bicyclic) bond motifs is 3. The monoisotopic (exact) mass is 490 g/mol. The lowest BCUT2D eigenvalue weighted by molar-refractivity contribution is -0.170. The van der Waals surface area contributed by atoms with Crippen LogP contribution in [0.2, 0.25) is 0 Å². The van der Waals surface area contributed by atoms with Crippen LogP contribution < -0.4 is 10.6 Å². The second-order valence-corrected chi connectivity index (χ2v) is 10.6. The zero-order valence-electron chi connectivity index (χ0n) is 20.3. The number of amides is 2. The summed E-state index contributed by atoms with van der Waals surface area (Å²) in [5.74, 6) is -0.322. The van der Waals surface area contributed by atoms with Crippen LogP contribution in [0.15, 0.2) is 24.4 Å². The van der Waals surface area contributed by atoms with E-state index in [0.717, 1.165) is 48.7 Å². The SMILES string of the molecule is CCn1cc(C(=O)NCC2C[C@H]3CC[C@@H](C2)N3CC(=O)NC2(C(F)(F)F)CC2)c2cc(C)ccc21. The predicted molar refractivity (Wildman–Crippen MR) is 127 cm³/mol. The van der Waals surface area contributed by atoms with Gasteiger partial charge in [0.2, 0.25) is 5.91 Å². The fourth-order valence-electron chi connectivity index (χ4n) is 6.07. The molecule has 1 aromatic carbocycles. The molecule has 6 nitrogen and oxygen atoms in total. The molecule has 190 valence electrons. The van der Waals surface area contributed by atoms with E-state index in [1.54, 1.807) is 0 Å². The Balaban J connectivity index is 1.17. The van der Waals surface area contributed by atoms with Gasteiger partial charge in [-0.3, -0.25) is 14.5 Å². The molecule has 1 unspecified atom stereocenters. The fraction of sp³-hybridized carbons (Fsp3) is 0.615. The van der Waals surface area contributed by atoms with Gasteiger partial charge >= 0.3 is 6.18 Å². The van der Waals surface area contributed by atoms with Gasteiger partial charge < -0.3 is 15.2 Å². The minimum Gasteiger partial charge on any atom is -0.352 e. The standard InChI is InChI=1S/C26H33F3N4O2/c1-3-32-14-21(20-10-16(2)4-7-22(20)32)24(35)30-13-17-11-18-5-6-19(12-17)33(18)15-23(34)31-25(8-9-25)26(27,28)29/h4,7,10,14,17-19H,3,5-6,8-9,11-13,15H2,1-2H3,(H,30,35)(H,31,34)/t17?,18-,19+. The smallest absolute Gasteiger partial charge is 0.352 e. The van der Waals surface area contributed by atoms with E-state index in [1.807, 2.05) is 31.3 Å². The zero-order chi connectivity index (χ0) is 25.0. The third-order valence-electron chi connectivity index (χ3n) is 8.15. The van der Waals surface area contributed by atoms with Crippen LogP contribution in [-0.2, 0) is 11.3 Å². The highest BCUT2D eigenvalue weighted by atomic mass is 19.4. The van der Waals surface area contributed by atoms with Crippen LogP contribution in [-0.4, -0.2) is 58.2 Å². The van der Waals surface area contributed by atoms with Crippen LogP contribution in [0.4, 0.5) is 13.2 Å². The molecule has 9 heteroatoms. The Bertz CT molecular complexity index is 1120. The number of carbonyl (C=O) groups excluding carboxylic acids is 2. The van der Waals surface area contributed by atoms with Crippen molar-refractivity contribution >= 4 is 22.7 Å². The molecule has 2 saturated heterocycles. The number of halogens is 3. The molecule has 3 aliphatic rings. The molecule has 0 radical (unpaired) electrons. The lowest BCUT2D eigenvalue weighted by Gasteiger charge is -2.38. The number of carbonyl (C=O) groups is 2. The summed E-state index contributed by atoms with van der Waals surface area (Å²) in [7, 11) is 0. The first-order valence-corrected chi connectivity index (χ1v) is 12.6. The Hall–Kier alpha value is -2.55. The largest absolute Gasteiger partial charge is 0.411 e. The summed E-state index contributed by atoms with van der Waals surface area (Å²) < 4.78 is 41.6. The number of aryl methyl sites for hydroxylation is 2. The van der Waals surface area contributed by atoms with Crippen LogP contribution in [0.1, 0.15) is 61.4 Å². The van der Waals surface area contributed by atoms with E-state index in [2.05, 4.69) is 27.0 Å². The van der Waals surface area contributed by atoms with E-state index in [-0.39, 0.29) is 37.4 Å². The van der Waals surface area contributed by atoms with Crippen molar-refractivity contribution < 1.29 is 22.8 Å². The molecule has 3 fully saturated rings. The molecular formula is C26H33F3N4O2. The lowest BCUT2D eigenvalue weighted by atomic mass is 9.90. The fourth-order valence-corrected chi connectivity index (χ4v) is 6.07. The number of alkyl halides is 3. The third kappa shape index (κ3) is 4.55. The second-order valence-electron chi connectivity index (χ2n) is 10.6. The molecule has 2 aliphatic heterocycles. The zero-order valence-corrected chi connectivity index (χ0v) is 20.3. The molecular weight excluding hydrogens is 457 g/mol. The number of nitrogens with zero attached hydrogens (tertiary/aromatic N) is 2. The van der Waals surface area contributed by atoms with Gasteiger partial charge in [-0.15, -0.1) is 0 Å². The number of hydrogen-bond donors (Lipinski definition) is 2. The van der Waals surface area contributed by atoms with Gasteiger partial charge in [0.25, 0.3) is 5.91 Å². The van der Waals surface area contributed by atoms with E-state index < -0.39 is 17.6 Å². The van der Waals surface area contributed by atoms with Gasteiger partial charge in [0, 0.05) is 42.3 Å². The van der Waals surface area contributed by atoms with E-state index in [9.17, 15) is 22.8 Å². The van der Waals surface area contributed by atoms with Crippen molar-refractivity contribution in [2.75, 3.05) is 13.1 Å². The van der Waals surface area contributed by atoms with Crippen molar-refractivity contribution in [3.05, 3.63) is 35.5 Å². The number of benzene rings is 1. The highest BCUT2D eigenvalue weighted by Crippen LogP contribution is 2.49. The van der Waals surface area contributed by atoms with Crippen LogP contribution >= 0.6 is 0 Å². The van der Waals surface area contributed by atoms with Gasteiger partial charge in [-0.2, -0.15) is 13.2 Å². The topological polar surface area (TPSA) is 66.4 Å². The Labute approximate surface area is 203 Å². The van der Waals surface area contributed by atoms with Gasteiger partial charge in [0.15, 0.2) is 0 Å². The lowest BCUT2D eigenvalue weighted by Crippen LogP contribution is -2.54. The third-order valence-corrected chi connectivity index (χ3v) is 8.15. The molecule has 1 saturated carbocycles. The normalized spacial score (nSPS) is 25.6. The van der Waals surface area contributed by atoms with E-state index in [4.69, 9.17) is 0 Å². The van der Waals surface area contributed by atoms with Gasteiger partial charge in [0.05, 0.1) is 12.1 Å². The molecule has 2 bridgehead atoms. The second kappa shape index (κ2) is 8.84.